The van der Waals surface area contributed by atoms with E-state index in [1.165, 1.54) is 55.3 Å². The first-order chi connectivity index (χ1) is 29.7. The van der Waals surface area contributed by atoms with Crippen molar-refractivity contribution in [1.29, 1.82) is 0 Å². The van der Waals surface area contributed by atoms with E-state index in [0.29, 0.717) is 0 Å². The van der Waals surface area contributed by atoms with Gasteiger partial charge >= 0.3 is 0 Å². The molecule has 10 aromatic carbocycles. The molecule has 282 valence electrons. The Bertz CT molecular complexity index is 3250. The summed E-state index contributed by atoms with van der Waals surface area (Å²) in [5.41, 5.74) is 17.0. The van der Waals surface area contributed by atoms with E-state index in [1.54, 1.807) is 0 Å². The van der Waals surface area contributed by atoms with Gasteiger partial charge < -0.3 is 9.32 Å². The lowest BCUT2D eigenvalue weighted by atomic mass is 9.96. The topological polar surface area (TPSA) is 16.4 Å². The lowest BCUT2D eigenvalue weighted by molar-refractivity contribution is 0.669. The molecule has 0 spiro atoms. The number of hydrogen-bond acceptors (Lipinski definition) is 2. The molecule has 0 fully saturated rings. The number of benzene rings is 10. The molecule has 0 atom stereocenters. The fourth-order valence-corrected chi connectivity index (χ4v) is 8.66. The summed E-state index contributed by atoms with van der Waals surface area (Å²) in [4.78, 5) is 2.34. The molecule has 1 aromatic heterocycles. The van der Waals surface area contributed by atoms with Crippen LogP contribution in [0, 0.1) is 0 Å². The zero-order valence-corrected chi connectivity index (χ0v) is 32.9. The fourth-order valence-electron chi connectivity index (χ4n) is 8.66. The summed E-state index contributed by atoms with van der Waals surface area (Å²) in [6, 6.07) is 84.8. The molecule has 0 saturated heterocycles. The Balaban J connectivity index is 0.934. The van der Waals surface area contributed by atoms with Gasteiger partial charge in [0.25, 0.3) is 0 Å². The third-order valence-electron chi connectivity index (χ3n) is 11.7. The fraction of sp³-hybridized carbons (Fsp3) is 0. The number of para-hydroxylation sites is 1. The molecule has 0 N–H and O–H groups in total. The van der Waals surface area contributed by atoms with E-state index in [9.17, 15) is 0 Å². The molecule has 2 heteroatoms. The minimum Gasteiger partial charge on any atom is -0.456 e. The van der Waals surface area contributed by atoms with E-state index in [0.717, 1.165) is 50.1 Å². The second-order valence-electron chi connectivity index (χ2n) is 15.3. The van der Waals surface area contributed by atoms with Gasteiger partial charge in [-0.2, -0.15) is 0 Å². The first kappa shape index (κ1) is 35.2. The van der Waals surface area contributed by atoms with Crippen molar-refractivity contribution >= 4 is 49.8 Å². The summed E-state index contributed by atoms with van der Waals surface area (Å²) in [5.74, 6) is 0. The molecule has 0 amide bonds. The van der Waals surface area contributed by atoms with Crippen LogP contribution in [0.2, 0.25) is 0 Å². The van der Waals surface area contributed by atoms with Gasteiger partial charge in [0.15, 0.2) is 0 Å². The number of furan rings is 1. The second kappa shape index (κ2) is 15.1. The Morgan fingerprint density at radius 2 is 0.633 bits per heavy atom. The molecule has 11 rings (SSSR count). The number of rotatable bonds is 8. The molecule has 0 bridgehead atoms. The van der Waals surface area contributed by atoms with Gasteiger partial charge in [-0.25, -0.2) is 0 Å². The maximum atomic E-state index is 6.23. The highest BCUT2D eigenvalue weighted by Crippen LogP contribution is 2.41. The van der Waals surface area contributed by atoms with Gasteiger partial charge in [0.2, 0.25) is 0 Å². The Morgan fingerprint density at radius 3 is 1.23 bits per heavy atom. The van der Waals surface area contributed by atoms with E-state index in [4.69, 9.17) is 4.42 Å². The summed E-state index contributed by atoms with van der Waals surface area (Å²) in [6.07, 6.45) is 0. The predicted octanol–water partition coefficient (Wildman–Crippen LogP) is 16.5. The molecule has 0 radical (unpaired) electrons. The minimum absolute atomic E-state index is 0.900. The highest BCUT2D eigenvalue weighted by Gasteiger charge is 2.16. The van der Waals surface area contributed by atoms with Crippen LogP contribution in [0.15, 0.2) is 241 Å². The lowest BCUT2D eigenvalue weighted by Gasteiger charge is -2.26. The highest BCUT2D eigenvalue weighted by atomic mass is 16.3. The predicted molar refractivity (Wildman–Crippen MR) is 253 cm³/mol. The molecule has 60 heavy (non-hydrogen) atoms. The smallest absolute Gasteiger partial charge is 0.136 e. The van der Waals surface area contributed by atoms with Crippen LogP contribution in [0.1, 0.15) is 0 Å². The Morgan fingerprint density at radius 1 is 0.250 bits per heavy atom. The third-order valence-corrected chi connectivity index (χ3v) is 11.7. The van der Waals surface area contributed by atoms with Crippen molar-refractivity contribution in [3.8, 4) is 55.6 Å². The van der Waals surface area contributed by atoms with Crippen molar-refractivity contribution in [3.05, 3.63) is 237 Å². The molecule has 11 aromatic rings. The monoisotopic (exact) mass is 765 g/mol. The standard InChI is InChI=1S/C58H39NO/c1-2-10-40(11-3-1)41-20-22-42(23-21-41)44-28-34-49(35-29-44)59(51-38-32-48(33-39-51)54-17-9-19-57-58(54)55-15-6-7-18-56(55)60-57)50-36-30-45(31-37-50)43-24-26-47(27-25-43)53-16-8-13-46-12-4-5-14-52(46)53/h1-39H. The lowest BCUT2D eigenvalue weighted by Crippen LogP contribution is -2.09. The Kier molecular flexibility index (Phi) is 8.87. The Labute approximate surface area is 349 Å². The maximum Gasteiger partial charge on any atom is 0.136 e. The van der Waals surface area contributed by atoms with E-state index in [1.807, 2.05) is 12.1 Å². The van der Waals surface area contributed by atoms with Gasteiger partial charge in [-0.1, -0.05) is 188 Å². The van der Waals surface area contributed by atoms with E-state index in [-0.39, 0.29) is 0 Å². The number of hydrogen-bond donors (Lipinski definition) is 0. The summed E-state index contributed by atoms with van der Waals surface area (Å²) in [5, 5.41) is 4.80. The summed E-state index contributed by atoms with van der Waals surface area (Å²) in [7, 11) is 0. The highest BCUT2D eigenvalue weighted by molar-refractivity contribution is 6.12. The number of fused-ring (bicyclic) bond motifs is 4. The molecule has 0 unspecified atom stereocenters. The first-order valence-electron chi connectivity index (χ1n) is 20.5. The van der Waals surface area contributed by atoms with Crippen molar-refractivity contribution in [1.82, 2.24) is 0 Å². The molecule has 2 nitrogen and oxygen atoms in total. The van der Waals surface area contributed by atoms with Crippen LogP contribution >= 0.6 is 0 Å². The quantitative estimate of drug-likeness (QED) is 0.153. The summed E-state index contributed by atoms with van der Waals surface area (Å²) in [6.45, 7) is 0. The SMILES string of the molecule is c1ccc(-c2ccc(-c3ccc(N(c4ccc(-c5ccc(-c6cccc7ccccc67)cc5)cc4)c4ccc(-c5cccc6oc7ccccc7c56)cc4)cc3)cc2)cc1. The zero-order chi connectivity index (χ0) is 39.8. The number of nitrogens with zero attached hydrogens (tertiary/aromatic N) is 1. The molecule has 1 heterocycles. The largest absolute Gasteiger partial charge is 0.456 e. The van der Waals surface area contributed by atoms with Crippen LogP contribution in [0.25, 0.3) is 88.3 Å². The van der Waals surface area contributed by atoms with Crippen LogP contribution in [0.3, 0.4) is 0 Å². The van der Waals surface area contributed by atoms with Gasteiger partial charge in [-0.15, -0.1) is 0 Å². The molecule has 0 saturated carbocycles. The van der Waals surface area contributed by atoms with Gasteiger partial charge in [0.1, 0.15) is 11.2 Å². The van der Waals surface area contributed by atoms with E-state index < -0.39 is 0 Å². The summed E-state index contributed by atoms with van der Waals surface area (Å²) >= 11 is 0. The first-order valence-corrected chi connectivity index (χ1v) is 20.5. The molecule has 0 aliphatic rings. The van der Waals surface area contributed by atoms with Gasteiger partial charge in [0, 0.05) is 27.8 Å². The summed E-state index contributed by atoms with van der Waals surface area (Å²) < 4.78 is 6.23. The van der Waals surface area contributed by atoms with E-state index in [2.05, 4.69) is 229 Å². The van der Waals surface area contributed by atoms with Crippen LogP contribution in [0.4, 0.5) is 17.1 Å². The average molecular weight is 766 g/mol. The van der Waals surface area contributed by atoms with Crippen molar-refractivity contribution in [2.45, 2.75) is 0 Å². The van der Waals surface area contributed by atoms with Gasteiger partial charge in [-0.3, -0.25) is 0 Å². The zero-order valence-electron chi connectivity index (χ0n) is 32.9. The van der Waals surface area contributed by atoms with Gasteiger partial charge in [0.05, 0.1) is 0 Å². The molecular formula is C58H39NO. The van der Waals surface area contributed by atoms with Crippen LogP contribution in [-0.2, 0) is 0 Å². The normalized spacial score (nSPS) is 11.3. The molecule has 0 aliphatic carbocycles. The maximum absolute atomic E-state index is 6.23. The molecular weight excluding hydrogens is 727 g/mol. The minimum atomic E-state index is 0.900. The second-order valence-corrected chi connectivity index (χ2v) is 15.3. The van der Waals surface area contributed by atoms with Crippen molar-refractivity contribution in [2.75, 3.05) is 4.90 Å². The molecule has 0 aliphatic heterocycles. The van der Waals surface area contributed by atoms with Crippen molar-refractivity contribution < 1.29 is 4.42 Å². The average Bonchev–Trinajstić information content (AvgIpc) is 3.72. The Hall–Kier alpha value is -7.94. The van der Waals surface area contributed by atoms with Crippen LogP contribution in [-0.4, -0.2) is 0 Å². The third kappa shape index (κ3) is 6.51. The van der Waals surface area contributed by atoms with Gasteiger partial charge in [-0.05, 0) is 115 Å². The number of anilines is 3. The van der Waals surface area contributed by atoms with Crippen LogP contribution < -0.4 is 4.90 Å². The van der Waals surface area contributed by atoms with E-state index >= 15 is 0 Å². The van der Waals surface area contributed by atoms with Crippen LogP contribution in [0.5, 0.6) is 0 Å². The van der Waals surface area contributed by atoms with Crippen molar-refractivity contribution in [3.63, 3.8) is 0 Å². The van der Waals surface area contributed by atoms with Crippen molar-refractivity contribution in [2.24, 2.45) is 0 Å².